The van der Waals surface area contributed by atoms with Crippen LogP contribution in [0.1, 0.15) is 53.0 Å². The van der Waals surface area contributed by atoms with Gasteiger partial charge in [-0.25, -0.2) is 9.97 Å². The van der Waals surface area contributed by atoms with Gasteiger partial charge in [-0.2, -0.15) is 13.2 Å². The van der Waals surface area contributed by atoms with E-state index in [4.69, 9.17) is 11.6 Å². The van der Waals surface area contributed by atoms with E-state index in [2.05, 4.69) is 15.3 Å². The van der Waals surface area contributed by atoms with E-state index in [9.17, 15) is 22.8 Å². The number of fused-ring (bicyclic) bond motifs is 1. The van der Waals surface area contributed by atoms with Crippen LogP contribution in [0.15, 0.2) is 36.7 Å². The lowest BCUT2D eigenvalue weighted by Gasteiger charge is -2.59. The lowest BCUT2D eigenvalue weighted by atomic mass is 9.56. The second kappa shape index (κ2) is 8.51. The molecule has 0 unspecified atom stereocenters. The summed E-state index contributed by atoms with van der Waals surface area (Å²) in [6.07, 6.45) is 0.419. The van der Waals surface area contributed by atoms with Crippen molar-refractivity contribution in [1.82, 2.24) is 24.6 Å². The van der Waals surface area contributed by atoms with E-state index in [0.29, 0.717) is 35.2 Å². The van der Waals surface area contributed by atoms with E-state index in [1.54, 1.807) is 10.6 Å². The second-order valence-corrected chi connectivity index (χ2v) is 9.83. The smallest absolute Gasteiger partial charge is 0.347 e. The summed E-state index contributed by atoms with van der Waals surface area (Å²) >= 11 is 6.04. The van der Waals surface area contributed by atoms with Gasteiger partial charge in [0, 0.05) is 31.2 Å². The fourth-order valence-corrected chi connectivity index (χ4v) is 5.33. The van der Waals surface area contributed by atoms with Gasteiger partial charge < -0.3 is 10.2 Å². The zero-order chi connectivity index (χ0) is 25.0. The second-order valence-electron chi connectivity index (χ2n) is 9.39. The maximum Gasteiger partial charge on any atom is 0.471 e. The van der Waals surface area contributed by atoms with Crippen molar-refractivity contribution >= 4 is 29.2 Å². The Morgan fingerprint density at radius 1 is 1.20 bits per heavy atom. The van der Waals surface area contributed by atoms with Crippen molar-refractivity contribution in [3.05, 3.63) is 64.2 Å². The zero-order valence-electron chi connectivity index (χ0n) is 18.9. The molecule has 7 nitrogen and oxygen atoms in total. The molecule has 11 heteroatoms. The van der Waals surface area contributed by atoms with E-state index >= 15 is 0 Å². The lowest BCUT2D eigenvalue weighted by Crippen LogP contribution is -2.65. The minimum absolute atomic E-state index is 0.176. The van der Waals surface area contributed by atoms with Gasteiger partial charge in [0.2, 0.25) is 5.78 Å². The molecule has 1 N–H and O–H groups in total. The van der Waals surface area contributed by atoms with Gasteiger partial charge in [-0.05, 0) is 36.3 Å². The number of carbonyl (C=O) groups is 2. The molecule has 2 amide bonds. The van der Waals surface area contributed by atoms with Gasteiger partial charge in [0.25, 0.3) is 5.91 Å². The van der Waals surface area contributed by atoms with Gasteiger partial charge in [-0.3, -0.25) is 14.0 Å². The Kier molecular flexibility index (Phi) is 5.74. The molecule has 35 heavy (non-hydrogen) atoms. The van der Waals surface area contributed by atoms with Crippen LogP contribution in [-0.4, -0.2) is 50.3 Å². The monoisotopic (exact) mass is 505 g/mol. The van der Waals surface area contributed by atoms with E-state index in [1.807, 2.05) is 31.2 Å². The number of nitrogens with one attached hydrogen (secondary N) is 1. The van der Waals surface area contributed by atoms with Gasteiger partial charge in [0.1, 0.15) is 5.69 Å². The van der Waals surface area contributed by atoms with Crippen LogP contribution in [0.4, 0.5) is 13.2 Å². The summed E-state index contributed by atoms with van der Waals surface area (Å²) in [7, 11) is 0. The molecule has 0 radical (unpaired) electrons. The normalized spacial score (nSPS) is 17.3. The molecule has 1 saturated carbocycles. The molecule has 0 bridgehead atoms. The number of aromatic nitrogens is 3. The Morgan fingerprint density at radius 2 is 1.89 bits per heavy atom. The molecular formula is C24H23ClF3N5O2. The van der Waals surface area contributed by atoms with E-state index in [0.717, 1.165) is 28.9 Å². The molecule has 2 aliphatic rings. The summed E-state index contributed by atoms with van der Waals surface area (Å²) in [5.74, 6) is -1.33. The Labute approximate surface area is 204 Å². The first kappa shape index (κ1) is 23.6. The van der Waals surface area contributed by atoms with Crippen molar-refractivity contribution in [1.29, 1.82) is 0 Å². The number of imidazole rings is 1. The van der Waals surface area contributed by atoms with Gasteiger partial charge in [-0.1, -0.05) is 42.8 Å². The molecule has 1 aliphatic carbocycles. The van der Waals surface area contributed by atoms with E-state index in [-0.39, 0.29) is 30.3 Å². The number of hydrogen-bond acceptors (Lipinski definition) is 4. The number of benzene rings is 1. The standard InChI is InChI=1S/C24H23ClF3N5O2/c1-2-18-19(33-11-17(25)10-30-22(33)31-18)20(34)29-9-14-3-5-15(6-4-14)16-7-23(8-16)12-32(13-23)21(35)24(26,27)28/h3-6,10-11,16H,2,7-9,12-13H2,1H3,(H,29,34). The average Bonchev–Trinajstić information content (AvgIpc) is 3.13. The number of nitrogens with zero attached hydrogens (tertiary/aromatic N) is 4. The molecule has 2 aromatic heterocycles. The third-order valence-corrected chi connectivity index (χ3v) is 7.11. The summed E-state index contributed by atoms with van der Waals surface area (Å²) in [4.78, 5) is 33.7. The highest BCUT2D eigenvalue weighted by Crippen LogP contribution is 2.56. The number of hydrogen-bond donors (Lipinski definition) is 1. The first-order valence-corrected chi connectivity index (χ1v) is 11.7. The summed E-state index contributed by atoms with van der Waals surface area (Å²) < 4.78 is 39.3. The highest BCUT2D eigenvalue weighted by atomic mass is 35.5. The van der Waals surface area contributed by atoms with Crippen molar-refractivity contribution in [3.63, 3.8) is 0 Å². The molecular weight excluding hydrogens is 483 g/mol. The minimum atomic E-state index is -4.80. The molecule has 1 spiro atoms. The van der Waals surface area contributed by atoms with Crippen molar-refractivity contribution < 1.29 is 22.8 Å². The number of likely N-dealkylation sites (tertiary alicyclic amines) is 1. The Hall–Kier alpha value is -3.14. The molecule has 5 rings (SSSR count). The molecule has 1 aromatic carbocycles. The number of aryl methyl sites for hydroxylation is 1. The number of amides is 2. The molecule has 3 aromatic rings. The maximum absolute atomic E-state index is 12.9. The van der Waals surface area contributed by atoms with E-state index in [1.165, 1.54) is 6.20 Å². The highest BCUT2D eigenvalue weighted by molar-refractivity contribution is 6.30. The average molecular weight is 506 g/mol. The first-order valence-electron chi connectivity index (χ1n) is 11.3. The Balaban J connectivity index is 1.17. The number of alkyl halides is 3. The molecule has 0 atom stereocenters. The predicted molar refractivity (Wildman–Crippen MR) is 122 cm³/mol. The number of halogens is 4. The predicted octanol–water partition coefficient (Wildman–Crippen LogP) is 4.14. The van der Waals surface area contributed by atoms with Crippen molar-refractivity contribution in [2.45, 2.75) is 44.8 Å². The number of carbonyl (C=O) groups excluding carboxylic acids is 2. The topological polar surface area (TPSA) is 79.6 Å². The maximum atomic E-state index is 12.9. The van der Waals surface area contributed by atoms with Crippen LogP contribution >= 0.6 is 11.6 Å². The van der Waals surface area contributed by atoms with Crippen LogP contribution < -0.4 is 5.32 Å². The lowest BCUT2D eigenvalue weighted by molar-refractivity contribution is -0.201. The molecule has 2 fully saturated rings. The molecule has 1 saturated heterocycles. The van der Waals surface area contributed by atoms with Crippen LogP contribution in [0, 0.1) is 5.41 Å². The van der Waals surface area contributed by atoms with Gasteiger partial charge >= 0.3 is 12.1 Å². The third kappa shape index (κ3) is 4.35. The molecule has 1 aliphatic heterocycles. The fraction of sp³-hybridized carbons (Fsp3) is 0.417. The summed E-state index contributed by atoms with van der Waals surface area (Å²) in [5, 5.41) is 3.33. The van der Waals surface area contributed by atoms with Crippen LogP contribution in [0.3, 0.4) is 0 Å². The Morgan fingerprint density at radius 3 is 2.51 bits per heavy atom. The van der Waals surface area contributed by atoms with Crippen LogP contribution in [0.5, 0.6) is 0 Å². The van der Waals surface area contributed by atoms with Crippen molar-refractivity contribution in [3.8, 4) is 0 Å². The SMILES string of the molecule is CCc1nc2ncc(Cl)cn2c1C(=O)NCc1ccc(C2CC3(C2)CN(C(=O)C(F)(F)F)C3)cc1. The van der Waals surface area contributed by atoms with E-state index < -0.39 is 12.1 Å². The first-order chi connectivity index (χ1) is 16.6. The van der Waals surface area contributed by atoms with Gasteiger partial charge in [0.15, 0.2) is 0 Å². The Bertz CT molecular complexity index is 1290. The van der Waals surface area contributed by atoms with Crippen molar-refractivity contribution in [2.75, 3.05) is 13.1 Å². The molecule has 3 heterocycles. The third-order valence-electron chi connectivity index (χ3n) is 6.92. The van der Waals surface area contributed by atoms with Gasteiger partial charge in [0.05, 0.1) is 16.9 Å². The summed E-state index contributed by atoms with van der Waals surface area (Å²) in [6, 6.07) is 7.86. The summed E-state index contributed by atoms with van der Waals surface area (Å²) in [5.41, 5.74) is 2.90. The van der Waals surface area contributed by atoms with Crippen LogP contribution in [-0.2, 0) is 17.8 Å². The quantitative estimate of drug-likeness (QED) is 0.565. The number of rotatable bonds is 5. The molecule has 184 valence electrons. The highest BCUT2D eigenvalue weighted by Gasteiger charge is 2.57. The minimum Gasteiger partial charge on any atom is -0.347 e. The fourth-order valence-electron chi connectivity index (χ4n) is 5.18. The van der Waals surface area contributed by atoms with Crippen LogP contribution in [0.25, 0.3) is 5.78 Å². The summed E-state index contributed by atoms with van der Waals surface area (Å²) in [6.45, 7) is 2.59. The van der Waals surface area contributed by atoms with Crippen molar-refractivity contribution in [2.24, 2.45) is 5.41 Å². The van der Waals surface area contributed by atoms with Gasteiger partial charge in [-0.15, -0.1) is 0 Å². The zero-order valence-corrected chi connectivity index (χ0v) is 19.7. The van der Waals surface area contributed by atoms with Crippen LogP contribution in [0.2, 0.25) is 5.02 Å². The largest absolute Gasteiger partial charge is 0.471 e.